The van der Waals surface area contributed by atoms with E-state index >= 15 is 0 Å². The van der Waals surface area contributed by atoms with Gasteiger partial charge in [0.2, 0.25) is 11.8 Å². The Balaban J connectivity index is 1.42. The number of carbonyl (C=O) groups is 2. The van der Waals surface area contributed by atoms with Crippen molar-refractivity contribution in [1.82, 2.24) is 15.6 Å². The van der Waals surface area contributed by atoms with Crippen molar-refractivity contribution in [2.75, 3.05) is 6.61 Å². The molecule has 1 aliphatic carbocycles. The molecule has 1 saturated heterocycles. The number of aliphatic hydroxyl groups is 1. The van der Waals surface area contributed by atoms with Gasteiger partial charge in [-0.3, -0.25) is 14.6 Å². The Morgan fingerprint density at radius 2 is 1.96 bits per heavy atom. The molecule has 3 rings (SSSR count). The lowest BCUT2D eigenvalue weighted by Crippen LogP contribution is -2.51. The first-order valence-electron chi connectivity index (χ1n) is 8.88. The second-order valence-electron chi connectivity index (χ2n) is 6.78. The number of nitrogens with one attached hydrogen (secondary N) is 2. The predicted molar refractivity (Wildman–Crippen MR) is 90.3 cm³/mol. The second kappa shape index (κ2) is 8.40. The Labute approximate surface area is 147 Å². The van der Waals surface area contributed by atoms with E-state index in [0.29, 0.717) is 19.4 Å². The minimum absolute atomic E-state index is 0.0561. The van der Waals surface area contributed by atoms with Gasteiger partial charge in [0.05, 0.1) is 25.2 Å². The van der Waals surface area contributed by atoms with Crippen LogP contribution in [0.5, 0.6) is 0 Å². The van der Waals surface area contributed by atoms with Crippen molar-refractivity contribution >= 4 is 11.8 Å². The number of ether oxygens (including phenoxy) is 1. The molecule has 2 heterocycles. The van der Waals surface area contributed by atoms with Crippen LogP contribution in [0.4, 0.5) is 0 Å². The fourth-order valence-corrected chi connectivity index (χ4v) is 3.07. The molecule has 1 aliphatic heterocycles. The lowest BCUT2D eigenvalue weighted by Gasteiger charge is -2.36. The van der Waals surface area contributed by atoms with Gasteiger partial charge in [-0.2, -0.15) is 0 Å². The van der Waals surface area contributed by atoms with Gasteiger partial charge in [0.15, 0.2) is 0 Å². The van der Waals surface area contributed by atoms with E-state index in [1.807, 2.05) is 12.1 Å². The van der Waals surface area contributed by atoms with Crippen molar-refractivity contribution in [2.45, 2.75) is 56.9 Å². The monoisotopic (exact) mass is 347 g/mol. The number of pyridine rings is 1. The van der Waals surface area contributed by atoms with Crippen LogP contribution in [0, 0.1) is 5.92 Å². The average molecular weight is 347 g/mol. The molecule has 1 aromatic heterocycles. The Bertz CT molecular complexity index is 591. The molecule has 0 aromatic carbocycles. The van der Waals surface area contributed by atoms with Gasteiger partial charge in [-0.05, 0) is 43.4 Å². The molecule has 2 amide bonds. The number of hydrogen-bond donors (Lipinski definition) is 3. The molecule has 7 heteroatoms. The van der Waals surface area contributed by atoms with Crippen LogP contribution in [0.25, 0.3) is 0 Å². The van der Waals surface area contributed by atoms with E-state index in [1.54, 1.807) is 12.4 Å². The van der Waals surface area contributed by atoms with Crippen LogP contribution in [0.1, 0.15) is 37.7 Å². The zero-order valence-corrected chi connectivity index (χ0v) is 14.2. The standard InChI is InChI=1S/C18H25N3O4/c22-11-16-15(21-18(24)13-1-2-13)4-3-14(25-16)9-17(23)20-10-12-5-7-19-8-6-12/h5-8,13-16,22H,1-4,9-11H2,(H,20,23)(H,21,24)/t14-,15-,16+/m1/s1. The molecule has 2 fully saturated rings. The first-order chi connectivity index (χ1) is 12.2. The molecule has 7 nitrogen and oxygen atoms in total. The zero-order chi connectivity index (χ0) is 17.6. The first-order valence-corrected chi connectivity index (χ1v) is 8.88. The molecule has 0 bridgehead atoms. The molecular formula is C18H25N3O4. The van der Waals surface area contributed by atoms with Crippen LogP contribution < -0.4 is 10.6 Å². The fourth-order valence-electron chi connectivity index (χ4n) is 3.07. The quantitative estimate of drug-likeness (QED) is 0.668. The van der Waals surface area contributed by atoms with E-state index in [-0.39, 0.29) is 42.9 Å². The number of amides is 2. The van der Waals surface area contributed by atoms with Crippen molar-refractivity contribution in [3.05, 3.63) is 30.1 Å². The summed E-state index contributed by atoms with van der Waals surface area (Å²) in [5, 5.41) is 15.4. The van der Waals surface area contributed by atoms with E-state index < -0.39 is 6.10 Å². The summed E-state index contributed by atoms with van der Waals surface area (Å²) in [5.74, 6) is 0.107. The normalized spacial score (nSPS) is 26.0. The van der Waals surface area contributed by atoms with Crippen LogP contribution in [0.2, 0.25) is 0 Å². The second-order valence-corrected chi connectivity index (χ2v) is 6.78. The molecule has 25 heavy (non-hydrogen) atoms. The first kappa shape index (κ1) is 17.8. The lowest BCUT2D eigenvalue weighted by molar-refractivity contribution is -0.136. The molecule has 2 aliphatic rings. The van der Waals surface area contributed by atoms with Crippen LogP contribution >= 0.6 is 0 Å². The highest BCUT2D eigenvalue weighted by molar-refractivity contribution is 5.81. The third-order valence-electron chi connectivity index (χ3n) is 4.72. The van der Waals surface area contributed by atoms with Crippen molar-refractivity contribution in [2.24, 2.45) is 5.92 Å². The van der Waals surface area contributed by atoms with Crippen LogP contribution in [-0.2, 0) is 20.9 Å². The SMILES string of the molecule is O=C(C[C@H]1CC[C@@H](NC(=O)C2CC2)[C@H](CO)O1)NCc1ccncc1. The molecule has 3 N–H and O–H groups in total. The number of aliphatic hydroxyl groups excluding tert-OH is 1. The van der Waals surface area contributed by atoms with E-state index in [4.69, 9.17) is 4.74 Å². The van der Waals surface area contributed by atoms with Crippen LogP contribution in [0.15, 0.2) is 24.5 Å². The van der Waals surface area contributed by atoms with E-state index in [2.05, 4.69) is 15.6 Å². The summed E-state index contributed by atoms with van der Waals surface area (Å²) in [5.41, 5.74) is 0.990. The lowest BCUT2D eigenvalue weighted by atomic mass is 9.96. The third kappa shape index (κ3) is 5.24. The minimum Gasteiger partial charge on any atom is -0.394 e. The third-order valence-corrected chi connectivity index (χ3v) is 4.72. The maximum absolute atomic E-state index is 12.1. The van der Waals surface area contributed by atoms with Crippen molar-refractivity contribution < 1.29 is 19.4 Å². The van der Waals surface area contributed by atoms with E-state index in [0.717, 1.165) is 18.4 Å². The number of rotatable bonds is 7. The molecule has 0 unspecified atom stereocenters. The van der Waals surface area contributed by atoms with Gasteiger partial charge in [-0.1, -0.05) is 0 Å². The maximum atomic E-state index is 12.1. The molecule has 0 radical (unpaired) electrons. The van der Waals surface area contributed by atoms with Crippen LogP contribution in [-0.4, -0.2) is 46.8 Å². The Kier molecular flexibility index (Phi) is 5.99. The van der Waals surface area contributed by atoms with Gasteiger partial charge in [-0.15, -0.1) is 0 Å². The molecule has 0 spiro atoms. The van der Waals surface area contributed by atoms with Crippen molar-refractivity contribution in [3.63, 3.8) is 0 Å². The predicted octanol–water partition coefficient (Wildman–Crippen LogP) is 0.523. The maximum Gasteiger partial charge on any atom is 0.223 e. The Morgan fingerprint density at radius 1 is 1.20 bits per heavy atom. The van der Waals surface area contributed by atoms with Crippen molar-refractivity contribution in [3.8, 4) is 0 Å². The topological polar surface area (TPSA) is 101 Å². The van der Waals surface area contributed by atoms with E-state index in [1.165, 1.54) is 0 Å². The molecule has 3 atom stereocenters. The average Bonchev–Trinajstić information content (AvgIpc) is 3.47. The van der Waals surface area contributed by atoms with Crippen molar-refractivity contribution in [1.29, 1.82) is 0 Å². The van der Waals surface area contributed by atoms with Gasteiger partial charge in [0, 0.05) is 24.9 Å². The molecule has 136 valence electrons. The van der Waals surface area contributed by atoms with Gasteiger partial charge in [0.1, 0.15) is 6.10 Å². The molecule has 1 aromatic rings. The van der Waals surface area contributed by atoms with E-state index in [9.17, 15) is 14.7 Å². The largest absolute Gasteiger partial charge is 0.394 e. The zero-order valence-electron chi connectivity index (χ0n) is 14.2. The highest BCUT2D eigenvalue weighted by Gasteiger charge is 2.36. The number of carbonyl (C=O) groups excluding carboxylic acids is 2. The summed E-state index contributed by atoms with van der Waals surface area (Å²) in [4.78, 5) is 27.9. The summed E-state index contributed by atoms with van der Waals surface area (Å²) in [6.07, 6.45) is 6.25. The number of aromatic nitrogens is 1. The number of nitrogens with zero attached hydrogens (tertiary/aromatic N) is 1. The fraction of sp³-hybridized carbons (Fsp3) is 0.611. The summed E-state index contributed by atoms with van der Waals surface area (Å²) in [6.45, 7) is 0.294. The highest BCUT2D eigenvalue weighted by atomic mass is 16.5. The summed E-state index contributed by atoms with van der Waals surface area (Å²) < 4.78 is 5.84. The van der Waals surface area contributed by atoms with Gasteiger partial charge in [-0.25, -0.2) is 0 Å². The summed E-state index contributed by atoms with van der Waals surface area (Å²) in [7, 11) is 0. The van der Waals surface area contributed by atoms with Gasteiger partial charge >= 0.3 is 0 Å². The smallest absolute Gasteiger partial charge is 0.223 e. The number of hydrogen-bond acceptors (Lipinski definition) is 5. The van der Waals surface area contributed by atoms with Gasteiger partial charge < -0.3 is 20.5 Å². The summed E-state index contributed by atoms with van der Waals surface area (Å²) in [6, 6.07) is 3.53. The highest BCUT2D eigenvalue weighted by Crippen LogP contribution is 2.30. The van der Waals surface area contributed by atoms with Gasteiger partial charge in [0.25, 0.3) is 0 Å². The Hall–Kier alpha value is -1.99. The summed E-state index contributed by atoms with van der Waals surface area (Å²) >= 11 is 0. The minimum atomic E-state index is -0.450. The van der Waals surface area contributed by atoms with Crippen LogP contribution in [0.3, 0.4) is 0 Å². The molecule has 1 saturated carbocycles. The Morgan fingerprint density at radius 3 is 2.64 bits per heavy atom. The molecular weight excluding hydrogens is 322 g/mol.